The first-order valence-electron chi connectivity index (χ1n) is 10.9. The standard InChI is InChI=1S/C23H31N5O3.HI/c1-2-24-23(26-14-22(29)25-13-19-9-6-11-30-19)28-16-20-21(17-28)31-12-10-27(20)15-18-7-4-3-5-8-18;/h3-9,11,20-21H,2,10,12-17H2,1H3,(H,24,26)(H,25,29);1H. The minimum Gasteiger partial charge on any atom is -0.467 e. The van der Waals surface area contributed by atoms with Gasteiger partial charge in [-0.25, -0.2) is 4.99 Å². The zero-order chi connectivity index (χ0) is 21.5. The Morgan fingerprint density at radius 2 is 2.00 bits per heavy atom. The number of hydrogen-bond acceptors (Lipinski definition) is 5. The summed E-state index contributed by atoms with van der Waals surface area (Å²) in [6, 6.07) is 14.5. The third-order valence-corrected chi connectivity index (χ3v) is 5.69. The van der Waals surface area contributed by atoms with Gasteiger partial charge < -0.3 is 24.7 Å². The maximum atomic E-state index is 12.2. The van der Waals surface area contributed by atoms with Crippen molar-refractivity contribution in [2.75, 3.05) is 39.3 Å². The van der Waals surface area contributed by atoms with E-state index in [1.807, 2.05) is 19.1 Å². The Morgan fingerprint density at radius 3 is 2.75 bits per heavy atom. The second-order valence-electron chi connectivity index (χ2n) is 7.86. The van der Waals surface area contributed by atoms with Crippen LogP contribution >= 0.6 is 24.0 Å². The van der Waals surface area contributed by atoms with Crippen molar-refractivity contribution in [2.24, 2.45) is 4.99 Å². The van der Waals surface area contributed by atoms with E-state index in [0.717, 1.165) is 51.1 Å². The SMILES string of the molecule is CCNC(=NCC(=O)NCc1ccco1)N1CC2OCCN(Cc3ccccc3)C2C1.I. The minimum atomic E-state index is -0.134. The Morgan fingerprint density at radius 1 is 1.16 bits per heavy atom. The summed E-state index contributed by atoms with van der Waals surface area (Å²) < 4.78 is 11.3. The van der Waals surface area contributed by atoms with E-state index in [4.69, 9.17) is 9.15 Å². The van der Waals surface area contributed by atoms with E-state index >= 15 is 0 Å². The van der Waals surface area contributed by atoms with E-state index < -0.39 is 0 Å². The van der Waals surface area contributed by atoms with Gasteiger partial charge >= 0.3 is 0 Å². The monoisotopic (exact) mass is 553 g/mol. The molecule has 174 valence electrons. The first kappa shape index (κ1) is 24.5. The van der Waals surface area contributed by atoms with Gasteiger partial charge in [-0.3, -0.25) is 9.69 Å². The molecule has 32 heavy (non-hydrogen) atoms. The third kappa shape index (κ3) is 6.46. The van der Waals surface area contributed by atoms with Crippen molar-refractivity contribution in [3.8, 4) is 0 Å². The van der Waals surface area contributed by atoms with Gasteiger partial charge in [-0.05, 0) is 24.6 Å². The molecule has 3 heterocycles. The summed E-state index contributed by atoms with van der Waals surface area (Å²) in [5.74, 6) is 1.35. The quantitative estimate of drug-likeness (QED) is 0.311. The van der Waals surface area contributed by atoms with Crippen molar-refractivity contribution in [3.05, 3.63) is 60.1 Å². The number of aliphatic imine (C=N–C) groups is 1. The molecule has 1 aromatic carbocycles. The first-order chi connectivity index (χ1) is 15.2. The van der Waals surface area contributed by atoms with Crippen molar-refractivity contribution in [2.45, 2.75) is 32.2 Å². The zero-order valence-corrected chi connectivity index (χ0v) is 20.7. The fraction of sp³-hybridized carbons (Fsp3) is 0.478. The van der Waals surface area contributed by atoms with E-state index in [-0.39, 0.29) is 42.5 Å². The Bertz CT molecular complexity index is 862. The number of benzene rings is 1. The highest BCUT2D eigenvalue weighted by molar-refractivity contribution is 14.0. The van der Waals surface area contributed by atoms with Crippen LogP contribution in [0.15, 0.2) is 58.1 Å². The van der Waals surface area contributed by atoms with Crippen LogP contribution in [0.25, 0.3) is 0 Å². The minimum absolute atomic E-state index is 0. The number of hydrogen-bond donors (Lipinski definition) is 2. The molecule has 8 nitrogen and oxygen atoms in total. The highest BCUT2D eigenvalue weighted by atomic mass is 127. The fourth-order valence-corrected chi connectivity index (χ4v) is 4.17. The number of halogens is 1. The summed E-state index contributed by atoms with van der Waals surface area (Å²) in [5, 5.41) is 6.17. The Kier molecular flexibility index (Phi) is 9.36. The number of guanidine groups is 1. The Balaban J connectivity index is 0.00000289. The lowest BCUT2D eigenvalue weighted by atomic mass is 10.1. The lowest BCUT2D eigenvalue weighted by Gasteiger charge is -2.36. The maximum absolute atomic E-state index is 12.2. The van der Waals surface area contributed by atoms with Crippen LogP contribution in [0.5, 0.6) is 0 Å². The van der Waals surface area contributed by atoms with Gasteiger partial charge in [0.25, 0.3) is 0 Å². The van der Waals surface area contributed by atoms with Gasteiger partial charge in [0, 0.05) is 32.7 Å². The molecule has 0 spiro atoms. The van der Waals surface area contributed by atoms with Crippen LogP contribution in [-0.2, 0) is 22.6 Å². The van der Waals surface area contributed by atoms with Crippen LogP contribution in [0.1, 0.15) is 18.2 Å². The Labute approximate surface area is 206 Å². The molecule has 2 aliphatic rings. The molecule has 0 aliphatic carbocycles. The summed E-state index contributed by atoms with van der Waals surface area (Å²) >= 11 is 0. The predicted molar refractivity (Wildman–Crippen MR) is 134 cm³/mol. The summed E-state index contributed by atoms with van der Waals surface area (Å²) in [6.07, 6.45) is 1.74. The van der Waals surface area contributed by atoms with E-state index in [9.17, 15) is 4.79 Å². The maximum Gasteiger partial charge on any atom is 0.242 e. The molecule has 2 fully saturated rings. The van der Waals surface area contributed by atoms with E-state index in [0.29, 0.717) is 12.6 Å². The lowest BCUT2D eigenvalue weighted by Crippen LogP contribution is -2.50. The highest BCUT2D eigenvalue weighted by Gasteiger charge is 2.41. The molecule has 2 atom stereocenters. The van der Waals surface area contributed by atoms with E-state index in [2.05, 4.69) is 49.7 Å². The lowest BCUT2D eigenvalue weighted by molar-refractivity contribution is -0.119. The number of nitrogens with zero attached hydrogens (tertiary/aromatic N) is 3. The molecule has 4 rings (SSSR count). The van der Waals surface area contributed by atoms with Gasteiger partial charge in [-0.1, -0.05) is 30.3 Å². The molecule has 0 radical (unpaired) electrons. The molecular weight excluding hydrogens is 521 g/mol. The smallest absolute Gasteiger partial charge is 0.242 e. The normalized spacial score (nSPS) is 21.0. The summed E-state index contributed by atoms with van der Waals surface area (Å²) in [6.45, 7) is 7.41. The third-order valence-electron chi connectivity index (χ3n) is 5.69. The average molecular weight is 553 g/mol. The van der Waals surface area contributed by atoms with Crippen LogP contribution in [0.2, 0.25) is 0 Å². The van der Waals surface area contributed by atoms with Crippen molar-refractivity contribution in [3.63, 3.8) is 0 Å². The number of nitrogens with one attached hydrogen (secondary N) is 2. The molecule has 2 aromatic rings. The van der Waals surface area contributed by atoms with Gasteiger partial charge in [0.1, 0.15) is 12.3 Å². The molecule has 9 heteroatoms. The number of amides is 1. The fourth-order valence-electron chi connectivity index (χ4n) is 4.17. The molecule has 2 unspecified atom stereocenters. The molecule has 2 aliphatic heterocycles. The first-order valence-corrected chi connectivity index (χ1v) is 10.9. The molecule has 2 saturated heterocycles. The van der Waals surface area contributed by atoms with Gasteiger partial charge in [0.2, 0.25) is 5.91 Å². The van der Waals surface area contributed by atoms with E-state index in [1.165, 1.54) is 5.56 Å². The second kappa shape index (κ2) is 12.2. The summed E-state index contributed by atoms with van der Waals surface area (Å²) in [4.78, 5) is 21.5. The number of likely N-dealkylation sites (tertiary alicyclic amines) is 1. The molecule has 2 N–H and O–H groups in total. The van der Waals surface area contributed by atoms with Crippen molar-refractivity contribution in [1.29, 1.82) is 0 Å². The summed E-state index contributed by atoms with van der Waals surface area (Å²) in [7, 11) is 0. The number of ether oxygens (including phenoxy) is 1. The molecular formula is C23H32IN5O3. The number of carbonyl (C=O) groups is 1. The largest absolute Gasteiger partial charge is 0.467 e. The van der Waals surface area contributed by atoms with Gasteiger partial charge in [-0.2, -0.15) is 0 Å². The van der Waals surface area contributed by atoms with Crippen molar-refractivity contribution in [1.82, 2.24) is 20.4 Å². The Hall–Kier alpha value is -2.11. The van der Waals surface area contributed by atoms with Crippen LogP contribution in [0, 0.1) is 0 Å². The number of fused-ring (bicyclic) bond motifs is 1. The molecule has 1 aromatic heterocycles. The molecule has 0 bridgehead atoms. The van der Waals surface area contributed by atoms with Crippen molar-refractivity contribution >= 4 is 35.8 Å². The number of morpholine rings is 1. The predicted octanol–water partition coefficient (Wildman–Crippen LogP) is 2.06. The van der Waals surface area contributed by atoms with E-state index in [1.54, 1.807) is 12.3 Å². The summed E-state index contributed by atoms with van der Waals surface area (Å²) in [5.41, 5.74) is 1.32. The number of rotatable bonds is 7. The highest BCUT2D eigenvalue weighted by Crippen LogP contribution is 2.24. The number of carbonyl (C=O) groups excluding carboxylic acids is 1. The number of furan rings is 1. The average Bonchev–Trinajstić information content (AvgIpc) is 3.46. The van der Waals surface area contributed by atoms with Gasteiger partial charge in [0.15, 0.2) is 5.96 Å². The van der Waals surface area contributed by atoms with Crippen LogP contribution in [-0.4, -0.2) is 73.1 Å². The van der Waals surface area contributed by atoms with Gasteiger partial charge in [-0.15, -0.1) is 24.0 Å². The van der Waals surface area contributed by atoms with Crippen molar-refractivity contribution < 1.29 is 13.9 Å². The topological polar surface area (TPSA) is 82.3 Å². The van der Waals surface area contributed by atoms with Crippen LogP contribution in [0.4, 0.5) is 0 Å². The van der Waals surface area contributed by atoms with Crippen LogP contribution < -0.4 is 10.6 Å². The van der Waals surface area contributed by atoms with Crippen LogP contribution in [0.3, 0.4) is 0 Å². The molecule has 1 amide bonds. The zero-order valence-electron chi connectivity index (χ0n) is 18.4. The molecule has 0 saturated carbocycles. The van der Waals surface area contributed by atoms with Gasteiger partial charge in [0.05, 0.1) is 31.6 Å². The second-order valence-corrected chi connectivity index (χ2v) is 7.86.